The van der Waals surface area contributed by atoms with E-state index in [4.69, 9.17) is 9.84 Å². The van der Waals surface area contributed by atoms with Crippen LogP contribution in [0.5, 0.6) is 0 Å². The summed E-state index contributed by atoms with van der Waals surface area (Å²) in [5, 5.41) is 9.06. The number of hydrogen-bond donors (Lipinski definition) is 5. The summed E-state index contributed by atoms with van der Waals surface area (Å²) in [6.07, 6.45) is 12.9. The molecule has 0 bridgehead atoms. The summed E-state index contributed by atoms with van der Waals surface area (Å²) in [7, 11) is -16.7. The maximum atomic E-state index is 12.1. The Bertz CT molecular complexity index is 2540. The van der Waals surface area contributed by atoms with E-state index < -0.39 is 73.7 Å². The molecule has 2 aromatic carbocycles. The Balaban J connectivity index is 1.74. The third-order valence-electron chi connectivity index (χ3n) is 10.5. The van der Waals surface area contributed by atoms with Gasteiger partial charge < -0.3 is 14.7 Å². The number of methoxy groups -OCH3 is 1. The summed E-state index contributed by atoms with van der Waals surface area (Å²) in [6.45, 7) is 4.26. The Hall–Kier alpha value is -4.06. The van der Waals surface area contributed by atoms with Gasteiger partial charge in [-0.15, -0.1) is 0 Å². The van der Waals surface area contributed by atoms with Gasteiger partial charge in [0.05, 0.1) is 33.3 Å². The number of unbranched alkanes of at least 4 members (excludes halogenated alkanes) is 2. The Morgan fingerprint density at radius 3 is 1.88 bits per heavy atom. The molecule has 0 spiro atoms. The molecule has 2 atom stereocenters. The Morgan fingerprint density at radius 2 is 1.31 bits per heavy atom. The molecule has 2 aliphatic rings. The predicted molar refractivity (Wildman–Crippen MR) is 220 cm³/mol. The molecule has 2 aromatic rings. The third kappa shape index (κ3) is 12.0. The van der Waals surface area contributed by atoms with Gasteiger partial charge in [0.1, 0.15) is 6.54 Å². The van der Waals surface area contributed by atoms with Crippen LogP contribution in [0.1, 0.15) is 63.5 Å². The van der Waals surface area contributed by atoms with Crippen LogP contribution < -0.4 is 4.90 Å². The fourth-order valence-corrected chi connectivity index (χ4v) is 9.80. The second-order valence-electron chi connectivity index (χ2n) is 14.6. The first-order chi connectivity index (χ1) is 27.3. The predicted octanol–water partition coefficient (Wildman–Crippen LogP) is 4.71. The Kier molecular flexibility index (Phi) is 15.1. The SMILES string of the molecule is COCCN1/C(=C/C=C/C=C/C=C/C2=[N+](CCCCCC(=O)O)c3ccc(S(=O)(=O)O)cc3C2(C)CCS(=O)(=O)O)C(C)(CCS(=O)(=O)O)c2cc(S(=O)(=O)O)ccc21. The summed E-state index contributed by atoms with van der Waals surface area (Å²) < 4.78 is 142. The molecule has 0 fully saturated rings. The summed E-state index contributed by atoms with van der Waals surface area (Å²) in [5.74, 6) is -2.25. The van der Waals surface area contributed by atoms with Gasteiger partial charge in [0.15, 0.2) is 5.71 Å². The lowest BCUT2D eigenvalue weighted by Gasteiger charge is -2.30. The van der Waals surface area contributed by atoms with E-state index in [-0.39, 0.29) is 37.3 Å². The largest absolute Gasteiger partial charge is 0.481 e. The Labute approximate surface area is 345 Å². The molecule has 0 aromatic heterocycles. The maximum Gasteiger partial charge on any atom is 0.303 e. The number of carbonyl (C=O) groups is 1. The molecule has 0 saturated heterocycles. The second kappa shape index (κ2) is 18.7. The number of anilines is 1. The number of nitrogens with zero attached hydrogens (tertiary/aromatic N) is 2. The summed E-state index contributed by atoms with van der Waals surface area (Å²) in [4.78, 5) is 12.1. The molecule has 2 aliphatic heterocycles. The minimum Gasteiger partial charge on any atom is -0.481 e. The maximum absolute atomic E-state index is 12.1. The lowest BCUT2D eigenvalue weighted by Crippen LogP contribution is -2.33. The van der Waals surface area contributed by atoms with Gasteiger partial charge >= 0.3 is 5.97 Å². The smallest absolute Gasteiger partial charge is 0.303 e. The topological polar surface area (TPSA) is 270 Å². The first-order valence-corrected chi connectivity index (χ1v) is 24.4. The zero-order valence-corrected chi connectivity index (χ0v) is 35.9. The van der Waals surface area contributed by atoms with Crippen molar-refractivity contribution in [2.75, 3.05) is 43.2 Å². The van der Waals surface area contributed by atoms with E-state index in [0.717, 1.165) is 0 Å². The fourth-order valence-electron chi connectivity index (χ4n) is 7.45. The molecule has 21 heteroatoms. The highest BCUT2D eigenvalue weighted by Crippen LogP contribution is 2.51. The fraction of sp³-hybridized carbons (Fsp3) is 0.421. The third-order valence-corrected chi connectivity index (χ3v) is 13.6. The average molecular weight is 902 g/mol. The van der Waals surface area contributed by atoms with Crippen LogP contribution >= 0.6 is 0 Å². The van der Waals surface area contributed by atoms with Crippen molar-refractivity contribution in [2.45, 2.75) is 73.0 Å². The highest BCUT2D eigenvalue weighted by molar-refractivity contribution is 7.86. The van der Waals surface area contributed by atoms with Crippen molar-refractivity contribution in [3.05, 3.63) is 95.8 Å². The van der Waals surface area contributed by atoms with Crippen LogP contribution in [0.25, 0.3) is 0 Å². The molecule has 0 amide bonds. The van der Waals surface area contributed by atoms with Crippen LogP contribution in [-0.2, 0) is 60.8 Å². The second-order valence-corrected chi connectivity index (χ2v) is 20.6. The minimum absolute atomic E-state index is 0.0250. The average Bonchev–Trinajstić information content (AvgIpc) is 3.50. The molecule has 59 heavy (non-hydrogen) atoms. The molecular weight excluding hydrogens is 853 g/mol. The number of ether oxygens (including phenoxy) is 1. The number of benzene rings is 2. The van der Waals surface area contributed by atoms with Crippen molar-refractivity contribution < 1.29 is 71.1 Å². The van der Waals surface area contributed by atoms with Crippen LogP contribution in [0.3, 0.4) is 0 Å². The number of fused-ring (bicyclic) bond motifs is 2. The number of carboxylic acids is 1. The standard InChI is InChI=1S/C38H48N2O15S4/c1-37(19-24-56(43,44)45)30-26-28(58(49,50)51)15-17-32(30)39(21-11-7-10-14-36(41)42)34(37)12-8-5-4-6-9-13-35-38(2,20-25-57(46,47)48)31-27-29(59(52,53)54)16-18-33(31)40(35)22-23-55-3/h4-6,8-9,12-13,15-18,26-27H,7,10-11,14,19-25H2,1-3H3,(H4-,41,42,43,44,45,46,47,48,49,50,51,52,53,54)/p+1. The van der Waals surface area contributed by atoms with Gasteiger partial charge in [0, 0.05) is 61.0 Å². The lowest BCUT2D eigenvalue weighted by molar-refractivity contribution is -0.438. The van der Waals surface area contributed by atoms with Crippen molar-refractivity contribution in [1.29, 1.82) is 0 Å². The highest BCUT2D eigenvalue weighted by atomic mass is 32.2. The number of hydrogen-bond acceptors (Lipinski definition) is 11. The zero-order chi connectivity index (χ0) is 44.0. The molecule has 5 N–H and O–H groups in total. The van der Waals surface area contributed by atoms with E-state index in [1.54, 1.807) is 56.4 Å². The quantitative estimate of drug-likeness (QED) is 0.0491. The molecule has 2 unspecified atom stereocenters. The van der Waals surface area contributed by atoms with Crippen LogP contribution in [0.15, 0.2) is 94.4 Å². The van der Waals surface area contributed by atoms with E-state index in [1.807, 2.05) is 9.48 Å². The van der Waals surface area contributed by atoms with Gasteiger partial charge in [-0.25, -0.2) is 0 Å². The molecule has 17 nitrogen and oxygen atoms in total. The van der Waals surface area contributed by atoms with Gasteiger partial charge in [0.25, 0.3) is 40.5 Å². The van der Waals surface area contributed by atoms with Crippen molar-refractivity contribution in [3.8, 4) is 0 Å². The molecule has 0 saturated carbocycles. The number of carboxylic acid groups (broad SMARTS) is 1. The first kappa shape index (κ1) is 47.6. The van der Waals surface area contributed by atoms with Crippen molar-refractivity contribution in [2.24, 2.45) is 0 Å². The number of aliphatic carboxylic acids is 1. The van der Waals surface area contributed by atoms with Gasteiger partial charge in [-0.2, -0.15) is 38.2 Å². The Morgan fingerprint density at radius 1 is 0.746 bits per heavy atom. The summed E-state index contributed by atoms with van der Waals surface area (Å²) in [6, 6.07) is 7.99. The monoisotopic (exact) mass is 901 g/mol. The van der Waals surface area contributed by atoms with Crippen LogP contribution in [0, 0.1) is 0 Å². The van der Waals surface area contributed by atoms with Crippen molar-refractivity contribution in [3.63, 3.8) is 0 Å². The highest BCUT2D eigenvalue weighted by Gasteiger charge is 2.49. The summed E-state index contributed by atoms with van der Waals surface area (Å²) >= 11 is 0. The van der Waals surface area contributed by atoms with Crippen LogP contribution in [-0.4, -0.2) is 112 Å². The molecule has 2 heterocycles. The van der Waals surface area contributed by atoms with Gasteiger partial charge in [-0.05, 0) is 81.5 Å². The minimum atomic E-state index is -4.64. The number of allylic oxidation sites excluding steroid dienone is 8. The van der Waals surface area contributed by atoms with E-state index in [1.165, 1.54) is 43.5 Å². The van der Waals surface area contributed by atoms with Crippen LogP contribution in [0.2, 0.25) is 0 Å². The van der Waals surface area contributed by atoms with Gasteiger partial charge in [-0.1, -0.05) is 30.4 Å². The van der Waals surface area contributed by atoms with Crippen LogP contribution in [0.4, 0.5) is 11.4 Å². The molecule has 4 rings (SSSR count). The first-order valence-electron chi connectivity index (χ1n) is 18.3. The van der Waals surface area contributed by atoms with Crippen molar-refractivity contribution in [1.82, 2.24) is 0 Å². The van der Waals surface area contributed by atoms with Gasteiger partial charge in [-0.3, -0.25) is 23.0 Å². The van der Waals surface area contributed by atoms with Gasteiger partial charge in [0.2, 0.25) is 5.69 Å². The van der Waals surface area contributed by atoms with Crippen molar-refractivity contribution >= 4 is 63.5 Å². The van der Waals surface area contributed by atoms with E-state index in [0.29, 0.717) is 59.7 Å². The number of rotatable bonds is 21. The molecular formula is C38H49N2O15S4+. The normalized spacial score (nSPS) is 20.8. The summed E-state index contributed by atoms with van der Waals surface area (Å²) in [5.41, 5.74) is 0.669. The molecule has 0 radical (unpaired) electrons. The molecule has 324 valence electrons. The van der Waals surface area contributed by atoms with E-state index in [2.05, 4.69) is 0 Å². The van der Waals surface area contributed by atoms with E-state index >= 15 is 0 Å². The lowest BCUT2D eigenvalue weighted by atomic mass is 9.77. The van der Waals surface area contributed by atoms with E-state index in [9.17, 15) is 56.7 Å². The molecule has 0 aliphatic carbocycles. The zero-order valence-electron chi connectivity index (χ0n) is 32.6.